The van der Waals surface area contributed by atoms with Crippen LogP contribution in [0.3, 0.4) is 0 Å². The molecule has 0 aliphatic rings. The lowest BCUT2D eigenvalue weighted by molar-refractivity contribution is 1.23. The van der Waals surface area contributed by atoms with Crippen molar-refractivity contribution in [3.8, 4) is 0 Å². The molecule has 2 heteroatoms. The van der Waals surface area contributed by atoms with Crippen molar-refractivity contribution in [2.24, 2.45) is 0 Å². The Labute approximate surface area is 87.7 Å². The quantitative estimate of drug-likeness (QED) is 0.618. The molecule has 0 N–H and O–H groups in total. The lowest BCUT2D eigenvalue weighted by atomic mass is 10.00. The number of rotatable bonds is 0. The van der Waals surface area contributed by atoms with E-state index in [-0.39, 0.29) is 17.0 Å². The van der Waals surface area contributed by atoms with Crippen molar-refractivity contribution in [3.05, 3.63) is 28.3 Å². The van der Waals surface area contributed by atoms with E-state index in [9.17, 15) is 0 Å². The van der Waals surface area contributed by atoms with Crippen LogP contribution in [0.15, 0.2) is 6.07 Å². The number of hydrogen-bond donors (Lipinski definition) is 0. The molecule has 0 heterocycles. The molecule has 0 aliphatic carbocycles. The summed E-state index contributed by atoms with van der Waals surface area (Å²) in [5.41, 5.74) is 5.64. The van der Waals surface area contributed by atoms with E-state index in [4.69, 9.17) is 0 Å². The van der Waals surface area contributed by atoms with Gasteiger partial charge in [-0.3, -0.25) is 0 Å². The van der Waals surface area contributed by atoms with Gasteiger partial charge in [-0.15, -0.1) is 26.2 Å². The first-order chi connectivity index (χ1) is 5.04. The van der Waals surface area contributed by atoms with Crippen molar-refractivity contribution in [2.45, 2.75) is 27.7 Å². The average molecular weight is 247 g/mol. The standard InChI is InChI=1S/C10H15P.BrH/c1-6-5-10(11)9(4)8(3)7(6)2;/h5H,11H2,1-4H3;1H. The van der Waals surface area contributed by atoms with E-state index >= 15 is 0 Å². The Morgan fingerprint density at radius 3 is 1.92 bits per heavy atom. The molecule has 1 unspecified atom stereocenters. The lowest BCUT2D eigenvalue weighted by Gasteiger charge is -2.10. The molecule has 0 amide bonds. The number of hydrogen-bond acceptors (Lipinski definition) is 0. The van der Waals surface area contributed by atoms with Gasteiger partial charge in [0.15, 0.2) is 0 Å². The maximum atomic E-state index is 2.78. The van der Waals surface area contributed by atoms with Gasteiger partial charge in [0.25, 0.3) is 0 Å². The van der Waals surface area contributed by atoms with Gasteiger partial charge in [0.05, 0.1) is 0 Å². The fraction of sp³-hybridized carbons (Fsp3) is 0.400. The van der Waals surface area contributed by atoms with Crippen molar-refractivity contribution in [2.75, 3.05) is 0 Å². The lowest BCUT2D eigenvalue weighted by Crippen LogP contribution is -2.03. The zero-order valence-electron chi connectivity index (χ0n) is 8.06. The fourth-order valence-electron chi connectivity index (χ4n) is 1.24. The van der Waals surface area contributed by atoms with Gasteiger partial charge < -0.3 is 0 Å². The Morgan fingerprint density at radius 2 is 1.42 bits per heavy atom. The molecule has 0 fully saturated rings. The summed E-state index contributed by atoms with van der Waals surface area (Å²) in [7, 11) is 2.78. The van der Waals surface area contributed by atoms with Gasteiger partial charge in [-0.25, -0.2) is 0 Å². The van der Waals surface area contributed by atoms with Crippen LogP contribution in [0.5, 0.6) is 0 Å². The molecule has 0 bridgehead atoms. The molecular formula is C10H16BrP. The highest BCUT2D eigenvalue weighted by molar-refractivity contribution is 8.93. The summed E-state index contributed by atoms with van der Waals surface area (Å²) in [6.45, 7) is 8.70. The SMILES string of the molecule is Br.Cc1cc(P)c(C)c(C)c1C. The molecule has 68 valence electrons. The number of aryl methyl sites for hydroxylation is 1. The molecule has 0 spiro atoms. The summed E-state index contributed by atoms with van der Waals surface area (Å²) in [6, 6.07) is 2.22. The van der Waals surface area contributed by atoms with Crippen LogP contribution in [-0.2, 0) is 0 Å². The van der Waals surface area contributed by atoms with Crippen LogP contribution in [0, 0.1) is 27.7 Å². The normalized spacial score (nSPS) is 9.42. The van der Waals surface area contributed by atoms with E-state index in [0.717, 1.165) is 0 Å². The number of benzene rings is 1. The van der Waals surface area contributed by atoms with Gasteiger partial charge in [0, 0.05) is 0 Å². The zero-order chi connectivity index (χ0) is 8.59. The van der Waals surface area contributed by atoms with Gasteiger partial charge in [0.1, 0.15) is 0 Å². The summed E-state index contributed by atoms with van der Waals surface area (Å²) < 4.78 is 0. The Bertz CT molecular complexity index is 266. The summed E-state index contributed by atoms with van der Waals surface area (Å²) in [6.07, 6.45) is 0. The second-order valence-electron chi connectivity index (χ2n) is 3.16. The molecule has 1 aromatic rings. The first-order valence-corrected chi connectivity index (χ1v) is 4.44. The average Bonchev–Trinajstić information content (AvgIpc) is 1.97. The molecular weight excluding hydrogens is 231 g/mol. The van der Waals surface area contributed by atoms with Crippen LogP contribution in [0.4, 0.5) is 0 Å². The predicted octanol–water partition coefficient (Wildman–Crippen LogP) is 3.00. The second kappa shape index (κ2) is 4.39. The zero-order valence-corrected chi connectivity index (χ0v) is 10.9. The van der Waals surface area contributed by atoms with Gasteiger partial charge >= 0.3 is 0 Å². The third-order valence-corrected chi connectivity index (χ3v) is 3.12. The van der Waals surface area contributed by atoms with E-state index in [1.54, 1.807) is 0 Å². The third-order valence-electron chi connectivity index (χ3n) is 2.52. The summed E-state index contributed by atoms with van der Waals surface area (Å²) >= 11 is 0. The minimum Gasteiger partial charge on any atom is -0.114 e. The fourth-order valence-corrected chi connectivity index (χ4v) is 1.71. The maximum Gasteiger partial charge on any atom is -0.0268 e. The van der Waals surface area contributed by atoms with Crippen molar-refractivity contribution in [1.29, 1.82) is 0 Å². The Kier molecular flexibility index (Phi) is 4.44. The number of halogens is 1. The minimum absolute atomic E-state index is 0. The second-order valence-corrected chi connectivity index (χ2v) is 3.78. The third kappa shape index (κ3) is 2.08. The molecule has 0 nitrogen and oxygen atoms in total. The summed E-state index contributed by atoms with van der Waals surface area (Å²) in [5.74, 6) is 0. The van der Waals surface area contributed by atoms with Crippen LogP contribution in [0.1, 0.15) is 22.3 Å². The predicted molar refractivity (Wildman–Crippen MR) is 65.1 cm³/mol. The van der Waals surface area contributed by atoms with Gasteiger partial charge in [-0.05, 0) is 55.3 Å². The first-order valence-electron chi connectivity index (χ1n) is 3.87. The summed E-state index contributed by atoms with van der Waals surface area (Å²) in [5, 5.41) is 1.32. The molecule has 0 aromatic heterocycles. The first kappa shape index (κ1) is 12.1. The van der Waals surface area contributed by atoms with Crippen molar-refractivity contribution < 1.29 is 0 Å². The largest absolute Gasteiger partial charge is 0.114 e. The Morgan fingerprint density at radius 1 is 0.917 bits per heavy atom. The van der Waals surface area contributed by atoms with E-state index in [1.165, 1.54) is 27.6 Å². The van der Waals surface area contributed by atoms with E-state index in [0.29, 0.717) is 0 Å². The van der Waals surface area contributed by atoms with Crippen LogP contribution in [0.25, 0.3) is 0 Å². The Balaban J connectivity index is 0.00000121. The highest BCUT2D eigenvalue weighted by atomic mass is 79.9. The minimum atomic E-state index is 0. The van der Waals surface area contributed by atoms with E-state index in [1.807, 2.05) is 0 Å². The topological polar surface area (TPSA) is 0 Å². The van der Waals surface area contributed by atoms with Gasteiger partial charge in [-0.2, -0.15) is 0 Å². The molecule has 0 radical (unpaired) electrons. The molecule has 0 aliphatic heterocycles. The molecule has 0 saturated carbocycles. The van der Waals surface area contributed by atoms with Crippen molar-refractivity contribution in [1.82, 2.24) is 0 Å². The Hall–Kier alpha value is 0.130. The van der Waals surface area contributed by atoms with Crippen LogP contribution < -0.4 is 5.30 Å². The molecule has 0 saturated heterocycles. The van der Waals surface area contributed by atoms with Crippen molar-refractivity contribution in [3.63, 3.8) is 0 Å². The van der Waals surface area contributed by atoms with E-state index in [2.05, 4.69) is 43.0 Å². The smallest absolute Gasteiger partial charge is 0.0268 e. The highest BCUT2D eigenvalue weighted by Gasteiger charge is 2.02. The van der Waals surface area contributed by atoms with Gasteiger partial charge in [0.2, 0.25) is 0 Å². The molecule has 1 aromatic carbocycles. The molecule has 12 heavy (non-hydrogen) atoms. The van der Waals surface area contributed by atoms with E-state index < -0.39 is 0 Å². The molecule has 1 rings (SSSR count). The van der Waals surface area contributed by atoms with Gasteiger partial charge in [-0.1, -0.05) is 6.07 Å². The highest BCUT2D eigenvalue weighted by Crippen LogP contribution is 2.15. The van der Waals surface area contributed by atoms with Crippen molar-refractivity contribution >= 4 is 31.5 Å². The maximum absolute atomic E-state index is 2.78. The van der Waals surface area contributed by atoms with Crippen LogP contribution >= 0.6 is 26.2 Å². The summed E-state index contributed by atoms with van der Waals surface area (Å²) in [4.78, 5) is 0. The van der Waals surface area contributed by atoms with Crippen LogP contribution in [-0.4, -0.2) is 0 Å². The van der Waals surface area contributed by atoms with Crippen LogP contribution in [0.2, 0.25) is 0 Å². The monoisotopic (exact) mass is 246 g/mol. The molecule has 1 atom stereocenters.